The van der Waals surface area contributed by atoms with Gasteiger partial charge in [0, 0.05) is 5.41 Å². The van der Waals surface area contributed by atoms with Gasteiger partial charge in [-0.05, 0) is 37.1 Å². The molecule has 1 aromatic rings. The van der Waals surface area contributed by atoms with E-state index in [0.717, 1.165) is 0 Å². The lowest BCUT2D eigenvalue weighted by atomic mass is 9.76. The number of hydrogen-bond donors (Lipinski definition) is 2. The number of rotatable bonds is 12. The lowest BCUT2D eigenvalue weighted by Crippen LogP contribution is -2.61. The highest BCUT2D eigenvalue weighted by Crippen LogP contribution is 2.55. The Balaban J connectivity index is 2.71. The molecular formula is C27H20F22O8. The predicted molar refractivity (Wildman–Crippen MR) is 134 cm³/mol. The van der Waals surface area contributed by atoms with Crippen LogP contribution in [0.1, 0.15) is 46.4 Å². The van der Waals surface area contributed by atoms with Gasteiger partial charge in [0.25, 0.3) is 0 Å². The van der Waals surface area contributed by atoms with E-state index in [1.807, 2.05) is 9.47 Å². The van der Waals surface area contributed by atoms with Crippen LogP contribution in [0.25, 0.3) is 0 Å². The van der Waals surface area contributed by atoms with Crippen molar-refractivity contribution in [3.8, 4) is 0 Å². The fraction of sp³-hybridized carbons (Fsp3) is 0.704. The Morgan fingerprint density at radius 1 is 0.509 bits per heavy atom. The number of alkyl halides is 22. The Hall–Kier alpha value is -3.54. The Morgan fingerprint density at radius 2 is 0.754 bits per heavy atom. The summed E-state index contributed by atoms with van der Waals surface area (Å²) < 4.78 is 312. The van der Waals surface area contributed by atoms with E-state index < -0.39 is 140 Å². The maximum absolute atomic E-state index is 14.9. The van der Waals surface area contributed by atoms with E-state index in [-0.39, 0.29) is 0 Å². The van der Waals surface area contributed by atoms with Gasteiger partial charge in [-0.25, -0.2) is 9.59 Å². The summed E-state index contributed by atoms with van der Waals surface area (Å²) in [5, 5.41) is 19.9. The van der Waals surface area contributed by atoms with Gasteiger partial charge in [-0.15, -0.1) is 0 Å². The van der Waals surface area contributed by atoms with Crippen molar-refractivity contribution in [1.29, 1.82) is 0 Å². The lowest BCUT2D eigenvalue weighted by molar-refractivity contribution is -0.504. The average molecular weight is 890 g/mol. The number of ether oxygens (including phenoxy) is 4. The first-order valence-electron chi connectivity index (χ1n) is 14.5. The maximum atomic E-state index is 14.9. The summed E-state index contributed by atoms with van der Waals surface area (Å²) in [6, 6.07) is 1.72. The van der Waals surface area contributed by atoms with Crippen molar-refractivity contribution in [2.75, 3.05) is 13.2 Å². The molecule has 2 bridgehead atoms. The topological polar surface area (TPSA) is 112 Å². The molecule has 3 rings (SSSR count). The number of benzene rings is 1. The molecule has 2 N–H and O–H groups in total. The number of hydrogen-bond acceptors (Lipinski definition) is 8. The Morgan fingerprint density at radius 3 is 0.965 bits per heavy atom. The van der Waals surface area contributed by atoms with Crippen LogP contribution in [0, 0.1) is 5.41 Å². The van der Waals surface area contributed by atoms with E-state index in [2.05, 4.69) is 9.47 Å². The molecule has 0 saturated carbocycles. The molecule has 2 unspecified atom stereocenters. The van der Waals surface area contributed by atoms with Crippen molar-refractivity contribution in [1.82, 2.24) is 0 Å². The number of esters is 2. The first-order chi connectivity index (χ1) is 25.2. The normalized spacial score (nSPS) is 20.4. The second-order valence-electron chi connectivity index (χ2n) is 12.1. The van der Waals surface area contributed by atoms with Gasteiger partial charge < -0.3 is 19.7 Å². The van der Waals surface area contributed by atoms with Gasteiger partial charge in [0.1, 0.15) is 12.2 Å². The Bertz CT molecular complexity index is 1420. The van der Waals surface area contributed by atoms with Crippen molar-refractivity contribution in [2.45, 2.75) is 98.4 Å². The summed E-state index contributed by atoms with van der Waals surface area (Å²) in [6.45, 7) is -3.98. The fourth-order valence-corrected chi connectivity index (χ4v) is 4.71. The highest BCUT2D eigenvalue weighted by Gasteiger charge is 2.81. The zero-order valence-electron chi connectivity index (χ0n) is 26.9. The second-order valence-corrected chi connectivity index (χ2v) is 12.1. The fourth-order valence-electron chi connectivity index (χ4n) is 4.71. The van der Waals surface area contributed by atoms with Gasteiger partial charge in [-0.1, -0.05) is 0 Å². The zero-order valence-corrected chi connectivity index (χ0v) is 26.9. The third-order valence-corrected chi connectivity index (χ3v) is 7.71. The van der Waals surface area contributed by atoms with Crippen LogP contribution < -0.4 is 0 Å². The molecule has 0 spiro atoms. The van der Waals surface area contributed by atoms with Crippen LogP contribution >= 0.6 is 0 Å². The van der Waals surface area contributed by atoms with Crippen LogP contribution in [0.3, 0.4) is 0 Å². The molecule has 2 aliphatic heterocycles. The summed E-state index contributed by atoms with van der Waals surface area (Å²) in [7, 11) is 0. The number of halogens is 22. The van der Waals surface area contributed by atoms with Crippen molar-refractivity contribution in [3.05, 3.63) is 35.4 Å². The molecule has 57 heavy (non-hydrogen) atoms. The van der Waals surface area contributed by atoms with Gasteiger partial charge in [0.05, 0.1) is 37.2 Å². The standard InChI is InChI=1S/C27H20F22O8/c28-18(29,26(46,47)56-20(32,22(34,35)36)23(37,38)39)7-13-5-17(9-50,10-51)6-14(55-16(53)12-2-1-11(3-4-12)15(52)54-13)8-19(30,31)27(48,49)57-21(33,24(40,41)42)25(43,44)45/h1-4,13-14,50-51H,5-10H2. The van der Waals surface area contributed by atoms with Gasteiger partial charge in [-0.2, -0.15) is 96.6 Å². The largest absolute Gasteiger partial charge is 0.459 e. The predicted octanol–water partition coefficient (Wildman–Crippen LogP) is 8.35. The third kappa shape index (κ3) is 10.2. The van der Waals surface area contributed by atoms with Crippen molar-refractivity contribution in [2.24, 2.45) is 5.41 Å². The van der Waals surface area contributed by atoms with E-state index in [4.69, 9.17) is 0 Å². The Kier molecular flexibility index (Phi) is 13.5. The molecule has 0 amide bonds. The van der Waals surface area contributed by atoms with Crippen LogP contribution in [-0.4, -0.2) is 108 Å². The molecule has 0 aliphatic carbocycles. The smallest absolute Gasteiger partial charge is 0.458 e. The summed E-state index contributed by atoms with van der Waals surface area (Å²) >= 11 is 0. The minimum atomic E-state index is -7.56. The SMILES string of the molecule is O=C1OC(CC(F)(F)C(F)(F)OC(F)(C(F)(F)F)C(F)(F)F)CC(CO)(CO)CC(CC(F)(F)C(F)(F)OC(F)(C(F)(F)F)C(F)(F)F)OC(=O)c2ccc1cc2. The van der Waals surface area contributed by atoms with E-state index in [1.54, 1.807) is 0 Å². The number of carbonyl (C=O) groups is 2. The van der Waals surface area contributed by atoms with Gasteiger partial charge in [-0.3, -0.25) is 9.47 Å². The van der Waals surface area contributed by atoms with Crippen molar-refractivity contribution in [3.63, 3.8) is 0 Å². The molecule has 0 radical (unpaired) electrons. The first kappa shape index (κ1) is 49.6. The second kappa shape index (κ2) is 15.6. The molecule has 2 atom stereocenters. The summed E-state index contributed by atoms with van der Waals surface area (Å²) in [5.41, 5.74) is -5.05. The third-order valence-electron chi connectivity index (χ3n) is 7.71. The zero-order chi connectivity index (χ0) is 44.9. The molecule has 2 heterocycles. The molecule has 0 saturated heterocycles. The highest BCUT2D eigenvalue weighted by atomic mass is 19.4. The molecule has 30 heteroatoms. The molecule has 0 fully saturated rings. The van der Waals surface area contributed by atoms with Gasteiger partial charge in [0.2, 0.25) is 0 Å². The Labute approximate surface area is 300 Å². The minimum absolute atomic E-state index is 0.430. The quantitative estimate of drug-likeness (QED) is 0.159. The van der Waals surface area contributed by atoms with Crippen molar-refractivity contribution >= 4 is 11.9 Å². The van der Waals surface area contributed by atoms with Gasteiger partial charge in [0.15, 0.2) is 0 Å². The number of aliphatic hydroxyl groups excluding tert-OH is 2. The molecule has 0 aromatic heterocycles. The highest BCUT2D eigenvalue weighted by molar-refractivity contribution is 5.93. The van der Waals surface area contributed by atoms with E-state index >= 15 is 0 Å². The molecular weight excluding hydrogens is 870 g/mol. The van der Waals surface area contributed by atoms with E-state index in [9.17, 15) is 116 Å². The van der Waals surface area contributed by atoms with Crippen LogP contribution in [0.15, 0.2) is 24.3 Å². The number of carbonyl (C=O) groups excluding carboxylic acids is 2. The van der Waals surface area contributed by atoms with E-state index in [0.29, 0.717) is 24.3 Å². The summed E-state index contributed by atoms with van der Waals surface area (Å²) in [6.07, 6.45) is -61.5. The van der Waals surface area contributed by atoms with Crippen LogP contribution in [0.4, 0.5) is 96.6 Å². The summed E-state index contributed by atoms with van der Waals surface area (Å²) in [4.78, 5) is 25.4. The maximum Gasteiger partial charge on any atom is 0.458 e. The molecule has 2 aliphatic rings. The number of fused-ring (bicyclic) bond motifs is 10. The van der Waals surface area contributed by atoms with Crippen LogP contribution in [-0.2, 0) is 18.9 Å². The van der Waals surface area contributed by atoms with Gasteiger partial charge >= 0.3 is 72.4 Å². The monoisotopic (exact) mass is 890 g/mol. The van der Waals surface area contributed by atoms with Crippen molar-refractivity contribution < 1.29 is 135 Å². The molecule has 330 valence electrons. The molecule has 8 nitrogen and oxygen atoms in total. The minimum Gasteiger partial charge on any atom is -0.459 e. The van der Waals surface area contributed by atoms with E-state index in [1.165, 1.54) is 0 Å². The van der Waals surface area contributed by atoms with Crippen LogP contribution in [0.2, 0.25) is 0 Å². The summed E-state index contributed by atoms with van der Waals surface area (Å²) in [5.74, 6) is -32.2. The number of aliphatic hydroxyl groups is 2. The van der Waals surface area contributed by atoms with Crippen LogP contribution in [0.5, 0.6) is 0 Å². The first-order valence-corrected chi connectivity index (χ1v) is 14.5. The molecule has 1 aromatic carbocycles. The average Bonchev–Trinajstić information content (AvgIpc) is 3.01. The lowest BCUT2D eigenvalue weighted by Gasteiger charge is -2.39.